The molecule has 0 aliphatic rings. The molecule has 0 fully saturated rings. The zero-order valence-electron chi connectivity index (χ0n) is 13.1. The van der Waals surface area contributed by atoms with Crippen LogP contribution in [0.25, 0.3) is 0 Å². The van der Waals surface area contributed by atoms with Gasteiger partial charge in [-0.2, -0.15) is 5.10 Å². The minimum Gasteiger partial charge on any atom is -0.289 e. The molecule has 0 saturated heterocycles. The smallest absolute Gasteiger partial charge is 0.157 e. The summed E-state index contributed by atoms with van der Waals surface area (Å²) in [5, 5.41) is 7.38. The first kappa shape index (κ1) is 15.6. The Morgan fingerprint density at radius 2 is 1.04 bits per heavy atom. The maximum absolute atomic E-state index is 6.96. The number of benzene rings is 3. The van der Waals surface area contributed by atoms with Gasteiger partial charge in [-0.15, -0.1) is 5.11 Å². The van der Waals surface area contributed by atoms with Crippen LogP contribution in [0.15, 0.2) is 101 Å². The molecule has 0 amide bonds. The first-order chi connectivity index (χ1) is 11.9. The van der Waals surface area contributed by atoms with Crippen molar-refractivity contribution < 1.29 is 0 Å². The summed E-state index contributed by atoms with van der Waals surface area (Å²) in [5.41, 5.74) is 12.7. The molecule has 0 heterocycles. The maximum Gasteiger partial charge on any atom is 0.157 e. The summed E-state index contributed by atoms with van der Waals surface area (Å²) >= 11 is 0. The predicted molar refractivity (Wildman–Crippen MR) is 96.0 cm³/mol. The van der Waals surface area contributed by atoms with Crippen molar-refractivity contribution in [3.63, 3.8) is 0 Å². The van der Waals surface area contributed by atoms with Crippen LogP contribution in [-0.2, 0) is 5.54 Å². The molecular formula is C20H18N4. The van der Waals surface area contributed by atoms with Gasteiger partial charge in [0.05, 0.1) is 0 Å². The molecule has 2 N–H and O–H groups in total. The van der Waals surface area contributed by atoms with Crippen LogP contribution < -0.4 is 5.43 Å². The van der Waals surface area contributed by atoms with E-state index in [0.29, 0.717) is 0 Å². The first-order valence-corrected chi connectivity index (χ1v) is 7.70. The first-order valence-electron chi connectivity index (χ1n) is 7.70. The van der Waals surface area contributed by atoms with E-state index in [1.54, 1.807) is 0 Å². The number of nitrogens with one attached hydrogen (secondary N) is 2. The van der Waals surface area contributed by atoms with Crippen LogP contribution in [0.3, 0.4) is 0 Å². The molecule has 0 bridgehead atoms. The van der Waals surface area contributed by atoms with Crippen molar-refractivity contribution in [3.05, 3.63) is 108 Å². The summed E-state index contributed by atoms with van der Waals surface area (Å²) in [4.78, 5) is 0. The molecule has 3 aromatic carbocycles. The van der Waals surface area contributed by atoms with Crippen LogP contribution >= 0.6 is 0 Å². The van der Waals surface area contributed by atoms with Crippen molar-refractivity contribution in [2.45, 2.75) is 5.54 Å². The second kappa shape index (κ2) is 7.33. The van der Waals surface area contributed by atoms with Crippen molar-refractivity contribution in [2.75, 3.05) is 0 Å². The van der Waals surface area contributed by atoms with Crippen molar-refractivity contribution in [3.8, 4) is 0 Å². The average Bonchev–Trinajstić information content (AvgIpc) is 2.68. The zero-order chi connectivity index (χ0) is 16.7. The lowest BCUT2D eigenvalue weighted by Gasteiger charge is -2.35. The van der Waals surface area contributed by atoms with Crippen LogP contribution in [0.5, 0.6) is 0 Å². The number of hydrazone groups is 1. The van der Waals surface area contributed by atoms with Crippen molar-refractivity contribution in [1.29, 1.82) is 5.53 Å². The minimum atomic E-state index is -0.662. The molecular weight excluding hydrogens is 296 g/mol. The highest BCUT2D eigenvalue weighted by Gasteiger charge is 2.36. The molecule has 24 heavy (non-hydrogen) atoms. The fourth-order valence-corrected chi connectivity index (χ4v) is 2.91. The van der Waals surface area contributed by atoms with Crippen LogP contribution in [0, 0.1) is 5.53 Å². The van der Waals surface area contributed by atoms with E-state index in [1.165, 1.54) is 6.34 Å². The van der Waals surface area contributed by atoms with Gasteiger partial charge in [-0.1, -0.05) is 91.0 Å². The van der Waals surface area contributed by atoms with Gasteiger partial charge < -0.3 is 0 Å². The second-order valence-electron chi connectivity index (χ2n) is 5.33. The molecule has 0 aromatic heterocycles. The van der Waals surface area contributed by atoms with Crippen molar-refractivity contribution in [2.24, 2.45) is 10.2 Å². The third kappa shape index (κ3) is 2.94. The molecule has 0 atom stereocenters. The maximum atomic E-state index is 6.96. The highest BCUT2D eigenvalue weighted by atomic mass is 15.3. The van der Waals surface area contributed by atoms with Crippen molar-refractivity contribution >= 4 is 6.34 Å². The van der Waals surface area contributed by atoms with Gasteiger partial charge in [0.25, 0.3) is 0 Å². The van der Waals surface area contributed by atoms with E-state index >= 15 is 0 Å². The van der Waals surface area contributed by atoms with Gasteiger partial charge >= 0.3 is 0 Å². The number of rotatable bonds is 6. The van der Waals surface area contributed by atoms with Gasteiger partial charge in [-0.25, -0.2) is 5.53 Å². The van der Waals surface area contributed by atoms with Crippen LogP contribution in [0.1, 0.15) is 16.7 Å². The number of nitrogens with zero attached hydrogens (tertiary/aromatic N) is 2. The SMILES string of the molecule is N=NC=NNC(c1ccccc1)(c1ccccc1)c1ccccc1. The molecule has 3 rings (SSSR count). The van der Waals surface area contributed by atoms with Gasteiger partial charge in [0.1, 0.15) is 5.54 Å². The van der Waals surface area contributed by atoms with Gasteiger partial charge in [-0.3, -0.25) is 5.43 Å². The molecule has 0 aliphatic carbocycles. The molecule has 0 spiro atoms. The molecule has 4 heteroatoms. The van der Waals surface area contributed by atoms with Crippen LogP contribution in [0.4, 0.5) is 0 Å². The Hall–Kier alpha value is -3.27. The monoisotopic (exact) mass is 314 g/mol. The van der Waals surface area contributed by atoms with Gasteiger partial charge in [-0.05, 0) is 16.7 Å². The minimum absolute atomic E-state index is 0.662. The Kier molecular flexibility index (Phi) is 4.77. The lowest BCUT2D eigenvalue weighted by atomic mass is 9.77. The number of hydrogen-bond donors (Lipinski definition) is 2. The molecule has 4 nitrogen and oxygen atoms in total. The van der Waals surface area contributed by atoms with E-state index in [9.17, 15) is 0 Å². The molecule has 3 aromatic rings. The van der Waals surface area contributed by atoms with Crippen molar-refractivity contribution in [1.82, 2.24) is 5.43 Å². The Morgan fingerprint density at radius 1 is 0.667 bits per heavy atom. The van der Waals surface area contributed by atoms with E-state index in [1.807, 2.05) is 54.6 Å². The summed E-state index contributed by atoms with van der Waals surface area (Å²) in [7, 11) is 0. The van der Waals surface area contributed by atoms with E-state index in [0.717, 1.165) is 16.7 Å². The second-order valence-corrected chi connectivity index (χ2v) is 5.33. The predicted octanol–water partition coefficient (Wildman–Crippen LogP) is 4.54. The average molecular weight is 314 g/mol. The lowest BCUT2D eigenvalue weighted by Crippen LogP contribution is -2.41. The van der Waals surface area contributed by atoms with E-state index < -0.39 is 5.54 Å². The quantitative estimate of drug-likeness (QED) is 0.227. The third-order valence-electron chi connectivity index (χ3n) is 3.97. The van der Waals surface area contributed by atoms with Crippen LogP contribution in [0.2, 0.25) is 0 Å². The zero-order valence-corrected chi connectivity index (χ0v) is 13.1. The fraction of sp³-hybridized carbons (Fsp3) is 0.0500. The van der Waals surface area contributed by atoms with Gasteiger partial charge in [0.15, 0.2) is 6.34 Å². The Balaban J connectivity index is 2.28. The molecule has 118 valence electrons. The highest BCUT2D eigenvalue weighted by Crippen LogP contribution is 2.36. The summed E-state index contributed by atoms with van der Waals surface area (Å²) in [6.07, 6.45) is 1.20. The topological polar surface area (TPSA) is 60.6 Å². The summed E-state index contributed by atoms with van der Waals surface area (Å²) < 4.78 is 0. The summed E-state index contributed by atoms with van der Waals surface area (Å²) in [5.74, 6) is 0. The van der Waals surface area contributed by atoms with E-state index in [-0.39, 0.29) is 0 Å². The molecule has 0 saturated carbocycles. The van der Waals surface area contributed by atoms with Crippen LogP contribution in [-0.4, -0.2) is 6.34 Å². The summed E-state index contributed by atoms with van der Waals surface area (Å²) in [6.45, 7) is 0. The summed E-state index contributed by atoms with van der Waals surface area (Å²) in [6, 6.07) is 30.5. The molecule has 0 radical (unpaired) electrons. The Bertz CT molecular complexity index is 702. The Morgan fingerprint density at radius 3 is 1.38 bits per heavy atom. The van der Waals surface area contributed by atoms with E-state index in [4.69, 9.17) is 5.53 Å². The third-order valence-corrected chi connectivity index (χ3v) is 3.97. The normalized spacial score (nSPS) is 11.3. The van der Waals surface area contributed by atoms with Gasteiger partial charge in [0.2, 0.25) is 0 Å². The fourth-order valence-electron chi connectivity index (χ4n) is 2.91. The van der Waals surface area contributed by atoms with Gasteiger partial charge in [0, 0.05) is 0 Å². The Labute approximate surface area is 141 Å². The largest absolute Gasteiger partial charge is 0.289 e. The van der Waals surface area contributed by atoms with E-state index in [2.05, 4.69) is 52.0 Å². The highest BCUT2D eigenvalue weighted by molar-refractivity contribution is 5.55. The molecule has 0 unspecified atom stereocenters. The lowest BCUT2D eigenvalue weighted by molar-refractivity contribution is 0.492. The standard InChI is InChI=1S/C20H18N4/c21-22-16-23-24-20(17-10-4-1-5-11-17,18-12-6-2-7-13-18)19-14-8-3-9-15-19/h1-16,21,24H. The molecule has 0 aliphatic heterocycles. The number of hydrogen-bond acceptors (Lipinski definition) is 3.